The van der Waals surface area contributed by atoms with E-state index in [1.807, 2.05) is 30.3 Å². The van der Waals surface area contributed by atoms with Gasteiger partial charge < -0.3 is 10.6 Å². The highest BCUT2D eigenvalue weighted by Crippen LogP contribution is 2.06. The number of hydrogen-bond donors (Lipinski definition) is 2. The molecule has 0 saturated heterocycles. The average molecular weight is 290 g/mol. The minimum Gasteiger partial charge on any atom is -0.351 e. The Morgan fingerprint density at radius 1 is 1.10 bits per heavy atom. The first kappa shape index (κ1) is 17.7. The van der Waals surface area contributed by atoms with Crippen LogP contribution in [0.2, 0.25) is 0 Å². The maximum absolute atomic E-state index is 11.8. The average Bonchev–Trinajstić information content (AvgIpc) is 2.51. The third-order valence-electron chi connectivity index (χ3n) is 3.68. The molecular formula is C18H30N2O. The van der Waals surface area contributed by atoms with Crippen LogP contribution in [0.3, 0.4) is 0 Å². The molecule has 0 aliphatic heterocycles. The molecule has 3 heteroatoms. The normalized spacial score (nSPS) is 12.1. The van der Waals surface area contributed by atoms with Gasteiger partial charge in [-0.1, -0.05) is 69.4 Å². The molecule has 0 radical (unpaired) electrons. The summed E-state index contributed by atoms with van der Waals surface area (Å²) >= 11 is 0. The molecule has 0 heterocycles. The molecule has 2 N–H and O–H groups in total. The van der Waals surface area contributed by atoms with Gasteiger partial charge in [0.15, 0.2) is 0 Å². The van der Waals surface area contributed by atoms with Gasteiger partial charge in [-0.3, -0.25) is 4.79 Å². The molecule has 118 valence electrons. The highest BCUT2D eigenvalue weighted by Gasteiger charge is 2.05. The van der Waals surface area contributed by atoms with Gasteiger partial charge in [0, 0.05) is 12.6 Å². The topological polar surface area (TPSA) is 41.1 Å². The Balaban J connectivity index is 2.04. The molecule has 21 heavy (non-hydrogen) atoms. The molecule has 1 aromatic carbocycles. The van der Waals surface area contributed by atoms with Crippen LogP contribution in [0, 0.1) is 0 Å². The largest absolute Gasteiger partial charge is 0.351 e. The molecule has 1 unspecified atom stereocenters. The summed E-state index contributed by atoms with van der Waals surface area (Å²) < 4.78 is 0. The fraction of sp³-hybridized carbons (Fsp3) is 0.611. The van der Waals surface area contributed by atoms with Crippen molar-refractivity contribution in [3.05, 3.63) is 35.9 Å². The van der Waals surface area contributed by atoms with Gasteiger partial charge in [-0.2, -0.15) is 0 Å². The summed E-state index contributed by atoms with van der Waals surface area (Å²) in [4.78, 5) is 11.8. The Morgan fingerprint density at radius 3 is 2.52 bits per heavy atom. The van der Waals surface area contributed by atoms with Crippen LogP contribution in [0.15, 0.2) is 30.3 Å². The third kappa shape index (κ3) is 9.24. The fourth-order valence-electron chi connectivity index (χ4n) is 2.28. The highest BCUT2D eigenvalue weighted by atomic mass is 16.1. The lowest BCUT2D eigenvalue weighted by atomic mass is 10.1. The van der Waals surface area contributed by atoms with Crippen molar-refractivity contribution in [3.8, 4) is 0 Å². The number of hydrogen-bond acceptors (Lipinski definition) is 2. The number of carbonyl (C=O) groups is 1. The highest BCUT2D eigenvalue weighted by molar-refractivity contribution is 5.77. The van der Waals surface area contributed by atoms with Gasteiger partial charge >= 0.3 is 0 Å². The summed E-state index contributed by atoms with van der Waals surface area (Å²) in [5.41, 5.74) is 1.13. The number of carbonyl (C=O) groups excluding carboxylic acids is 1. The molecular weight excluding hydrogens is 260 g/mol. The summed E-state index contributed by atoms with van der Waals surface area (Å²) in [5, 5.41) is 6.23. The molecule has 1 aromatic rings. The first-order valence-electron chi connectivity index (χ1n) is 8.26. The molecule has 0 fully saturated rings. The van der Waals surface area contributed by atoms with E-state index in [0.717, 1.165) is 12.0 Å². The Kier molecular flexibility index (Phi) is 9.55. The zero-order valence-electron chi connectivity index (χ0n) is 13.5. The molecule has 0 aliphatic rings. The maximum atomic E-state index is 11.8. The fourth-order valence-corrected chi connectivity index (χ4v) is 2.28. The summed E-state index contributed by atoms with van der Waals surface area (Å²) in [7, 11) is 0. The summed E-state index contributed by atoms with van der Waals surface area (Å²) in [6.45, 7) is 5.40. The number of benzene rings is 1. The molecule has 1 rings (SSSR count). The summed E-state index contributed by atoms with van der Waals surface area (Å²) in [6, 6.07) is 10.4. The number of amides is 1. The van der Waals surface area contributed by atoms with Crippen molar-refractivity contribution < 1.29 is 4.79 Å². The first-order chi connectivity index (χ1) is 10.2. The van der Waals surface area contributed by atoms with E-state index in [9.17, 15) is 4.79 Å². The second-order valence-electron chi connectivity index (χ2n) is 5.75. The van der Waals surface area contributed by atoms with Gasteiger partial charge in [-0.25, -0.2) is 0 Å². The Morgan fingerprint density at radius 2 is 1.81 bits per heavy atom. The zero-order valence-corrected chi connectivity index (χ0v) is 13.5. The van der Waals surface area contributed by atoms with Crippen LogP contribution < -0.4 is 10.6 Å². The van der Waals surface area contributed by atoms with Crippen LogP contribution in [0.1, 0.15) is 57.9 Å². The van der Waals surface area contributed by atoms with Crippen LogP contribution in [-0.4, -0.2) is 18.5 Å². The van der Waals surface area contributed by atoms with Crippen LogP contribution >= 0.6 is 0 Å². The second kappa shape index (κ2) is 11.3. The van der Waals surface area contributed by atoms with Gasteiger partial charge in [0.25, 0.3) is 0 Å². The maximum Gasteiger partial charge on any atom is 0.234 e. The van der Waals surface area contributed by atoms with Gasteiger partial charge in [0.05, 0.1) is 6.54 Å². The lowest BCUT2D eigenvalue weighted by Crippen LogP contribution is -2.37. The Bertz CT molecular complexity index is 378. The lowest BCUT2D eigenvalue weighted by molar-refractivity contribution is -0.120. The first-order valence-corrected chi connectivity index (χ1v) is 8.26. The van der Waals surface area contributed by atoms with Crippen molar-refractivity contribution in [2.24, 2.45) is 0 Å². The smallest absolute Gasteiger partial charge is 0.234 e. The van der Waals surface area contributed by atoms with Crippen molar-refractivity contribution in [3.63, 3.8) is 0 Å². The quantitative estimate of drug-likeness (QED) is 0.611. The summed E-state index contributed by atoms with van der Waals surface area (Å²) in [6.07, 6.45) is 7.66. The SMILES string of the molecule is CCCCCCCC(C)NCC(=O)NCc1ccccc1. The number of rotatable bonds is 11. The van der Waals surface area contributed by atoms with E-state index >= 15 is 0 Å². The molecule has 3 nitrogen and oxygen atoms in total. The Labute approximate surface area is 129 Å². The van der Waals surface area contributed by atoms with E-state index < -0.39 is 0 Å². The molecule has 0 bridgehead atoms. The molecule has 0 saturated carbocycles. The van der Waals surface area contributed by atoms with E-state index in [1.54, 1.807) is 0 Å². The third-order valence-corrected chi connectivity index (χ3v) is 3.68. The molecule has 0 aromatic heterocycles. The van der Waals surface area contributed by atoms with Gasteiger partial charge in [0.2, 0.25) is 5.91 Å². The van der Waals surface area contributed by atoms with Crippen molar-refractivity contribution >= 4 is 5.91 Å². The van der Waals surface area contributed by atoms with E-state index in [1.165, 1.54) is 32.1 Å². The van der Waals surface area contributed by atoms with Crippen molar-refractivity contribution in [1.29, 1.82) is 0 Å². The van der Waals surface area contributed by atoms with Gasteiger partial charge in [-0.15, -0.1) is 0 Å². The van der Waals surface area contributed by atoms with E-state index in [-0.39, 0.29) is 5.91 Å². The van der Waals surface area contributed by atoms with Gasteiger partial charge in [0.1, 0.15) is 0 Å². The van der Waals surface area contributed by atoms with Crippen molar-refractivity contribution in [1.82, 2.24) is 10.6 Å². The molecule has 1 amide bonds. The Hall–Kier alpha value is -1.35. The predicted molar refractivity (Wildman–Crippen MR) is 89.1 cm³/mol. The standard InChI is InChI=1S/C18H30N2O/c1-3-4-5-6-8-11-16(2)19-15-18(21)20-14-17-12-9-7-10-13-17/h7,9-10,12-13,16,19H,3-6,8,11,14-15H2,1-2H3,(H,20,21). The second-order valence-corrected chi connectivity index (χ2v) is 5.75. The zero-order chi connectivity index (χ0) is 15.3. The molecule has 0 aliphatic carbocycles. The summed E-state index contributed by atoms with van der Waals surface area (Å²) in [5.74, 6) is 0.0664. The van der Waals surface area contributed by atoms with Crippen LogP contribution in [0.25, 0.3) is 0 Å². The van der Waals surface area contributed by atoms with Gasteiger partial charge in [-0.05, 0) is 18.9 Å². The van der Waals surface area contributed by atoms with E-state index in [2.05, 4.69) is 24.5 Å². The molecule has 0 spiro atoms. The van der Waals surface area contributed by atoms with Crippen LogP contribution in [-0.2, 0) is 11.3 Å². The number of unbranched alkanes of at least 4 members (excludes halogenated alkanes) is 4. The minimum absolute atomic E-state index is 0.0664. The van der Waals surface area contributed by atoms with Crippen molar-refractivity contribution in [2.75, 3.05) is 6.54 Å². The van der Waals surface area contributed by atoms with E-state index in [0.29, 0.717) is 19.1 Å². The van der Waals surface area contributed by atoms with Crippen LogP contribution in [0.4, 0.5) is 0 Å². The molecule has 1 atom stereocenters. The van der Waals surface area contributed by atoms with Crippen molar-refractivity contribution in [2.45, 2.75) is 65.0 Å². The van der Waals surface area contributed by atoms with E-state index in [4.69, 9.17) is 0 Å². The predicted octanol–water partition coefficient (Wildman–Crippen LogP) is 3.64. The monoisotopic (exact) mass is 290 g/mol. The lowest BCUT2D eigenvalue weighted by Gasteiger charge is -2.13. The van der Waals surface area contributed by atoms with Crippen LogP contribution in [0.5, 0.6) is 0 Å². The minimum atomic E-state index is 0.0664. The number of nitrogens with one attached hydrogen (secondary N) is 2.